The molecule has 0 saturated heterocycles. The zero-order valence-corrected chi connectivity index (χ0v) is 24.4. The van der Waals surface area contributed by atoms with Gasteiger partial charge in [-0.15, -0.1) is 0 Å². The Bertz CT molecular complexity index is 787. The Labute approximate surface area is 200 Å². The smallest absolute Gasteiger partial charge is 1.00 e. The molecule has 0 heterocycles. The molecule has 1 unspecified atom stereocenters. The molecule has 0 radical (unpaired) electrons. The van der Waals surface area contributed by atoms with E-state index in [2.05, 4.69) is 63.1 Å². The van der Waals surface area contributed by atoms with Gasteiger partial charge in [-0.25, -0.2) is 0 Å². The van der Waals surface area contributed by atoms with Crippen molar-refractivity contribution in [2.45, 2.75) is 67.0 Å². The average molecular weight is 604 g/mol. The van der Waals surface area contributed by atoms with Gasteiger partial charge in [-0.2, -0.15) is 0 Å². The van der Waals surface area contributed by atoms with Crippen LogP contribution in [0.15, 0.2) is 28.9 Å². The summed E-state index contributed by atoms with van der Waals surface area (Å²) >= 11 is 0.681. The Morgan fingerprint density at radius 3 is 2.18 bits per heavy atom. The molecule has 0 aromatic heterocycles. The van der Waals surface area contributed by atoms with E-state index in [0.29, 0.717) is 30.6 Å². The number of hydrogen-bond acceptors (Lipinski definition) is 1. The number of allylic oxidation sites excluding steroid dienone is 4. The molecule has 1 atom stereocenters. The maximum Gasteiger partial charge on any atom is -1.00 e. The molecule has 1 aromatic rings. The van der Waals surface area contributed by atoms with Gasteiger partial charge in [-0.05, 0) is 0 Å². The summed E-state index contributed by atoms with van der Waals surface area (Å²) in [5.41, 5.74) is 9.26. The standard InChI is InChI=1S/C22H33NOSi.2ClH.Hf/c1-8-9-10-17-11-12-18(22(23)24)20(21(17)25(6)7)19-15(4)13(2)14(3)16(19)5;;;/h11-12,15,25H,8-10H2,1-7H3,(H2,23,24);2*1H;/q;;;+3/p-3. The Balaban J connectivity index is 0.00000364. The van der Waals surface area contributed by atoms with Crippen molar-refractivity contribution < 1.29 is 54.3 Å². The number of nitrogens with one attached hydrogen (secondary N) is 1. The quantitative estimate of drug-likeness (QED) is 0.402. The molecule has 0 spiro atoms. The molecule has 1 aromatic carbocycles. The van der Waals surface area contributed by atoms with Crippen molar-refractivity contribution in [2.24, 2.45) is 5.92 Å². The van der Waals surface area contributed by atoms with E-state index in [-0.39, 0.29) is 30.7 Å². The molecule has 1 amide bonds. The first-order valence-electron chi connectivity index (χ1n) is 9.77. The SMILES string of the molecule is CCCCc1ccc(C(=O)[NH][Hf+2])c(C2=C(C)C(C)=C(C)C2C)c1[SiH](C)C.[Cl-].[Cl-]. The molecule has 0 fully saturated rings. The molecule has 6 heteroatoms. The number of unbranched alkanes of at least 4 members (excludes halogenated alkanes) is 1. The van der Waals surface area contributed by atoms with Crippen LogP contribution in [0.3, 0.4) is 0 Å². The number of hydrogen-bond donors (Lipinski definition) is 1. The minimum atomic E-state index is -1.10. The summed E-state index contributed by atoms with van der Waals surface area (Å²) in [6.45, 7) is 16.1. The van der Waals surface area contributed by atoms with Gasteiger partial charge in [-0.3, -0.25) is 0 Å². The Morgan fingerprint density at radius 2 is 1.75 bits per heavy atom. The molecule has 153 valence electrons. The van der Waals surface area contributed by atoms with Crippen LogP contribution < -0.4 is 33.3 Å². The van der Waals surface area contributed by atoms with Crippen LogP contribution in [0.4, 0.5) is 0 Å². The maximum absolute atomic E-state index is 12.8. The van der Waals surface area contributed by atoms with Crippen LogP contribution in [0.2, 0.25) is 13.1 Å². The van der Waals surface area contributed by atoms with Gasteiger partial charge in [0.25, 0.3) is 0 Å². The molecule has 2 rings (SSSR count). The van der Waals surface area contributed by atoms with Crippen LogP contribution in [0.25, 0.3) is 5.57 Å². The van der Waals surface area contributed by atoms with Crippen molar-refractivity contribution in [3.05, 3.63) is 45.5 Å². The van der Waals surface area contributed by atoms with Crippen LogP contribution in [0, 0.1) is 5.92 Å². The van der Waals surface area contributed by atoms with E-state index in [9.17, 15) is 4.79 Å². The minimum absolute atomic E-state index is 0. The first kappa shape index (κ1) is 27.8. The number of carbonyl (C=O) groups excluding carboxylic acids is 1. The molecule has 0 aliphatic heterocycles. The van der Waals surface area contributed by atoms with Crippen molar-refractivity contribution >= 4 is 25.5 Å². The molecule has 0 saturated carbocycles. The summed E-state index contributed by atoms with van der Waals surface area (Å²) in [6, 6.07) is 4.32. The summed E-state index contributed by atoms with van der Waals surface area (Å²) in [7, 11) is -1.10. The number of aryl methyl sites for hydroxylation is 1. The third kappa shape index (κ3) is 5.30. The van der Waals surface area contributed by atoms with Gasteiger partial charge < -0.3 is 24.8 Å². The number of rotatable bonds is 6. The van der Waals surface area contributed by atoms with E-state index in [1.54, 1.807) is 0 Å². The minimum Gasteiger partial charge on any atom is -1.00 e. The van der Waals surface area contributed by atoms with Crippen molar-refractivity contribution in [3.8, 4) is 0 Å². The van der Waals surface area contributed by atoms with E-state index in [1.807, 2.05) is 0 Å². The summed E-state index contributed by atoms with van der Waals surface area (Å²) in [5.74, 6) is 0.489. The maximum atomic E-state index is 12.8. The number of halogens is 2. The second-order valence-electron chi connectivity index (χ2n) is 7.84. The first-order chi connectivity index (χ1) is 12.3. The summed E-state index contributed by atoms with van der Waals surface area (Å²) in [6.07, 6.45) is 3.54. The second kappa shape index (κ2) is 11.9. The fourth-order valence-corrected chi connectivity index (χ4v) is 6.58. The average Bonchev–Trinajstić information content (AvgIpc) is 2.81. The van der Waals surface area contributed by atoms with E-state index in [1.165, 1.54) is 51.4 Å². The first-order valence-corrected chi connectivity index (χ1v) is 14.5. The molecule has 0 bridgehead atoms. The van der Waals surface area contributed by atoms with E-state index in [0.717, 1.165) is 12.0 Å². The van der Waals surface area contributed by atoms with E-state index < -0.39 is 8.80 Å². The van der Waals surface area contributed by atoms with E-state index in [4.69, 9.17) is 0 Å². The van der Waals surface area contributed by atoms with Gasteiger partial charge in [0.05, 0.1) is 0 Å². The van der Waals surface area contributed by atoms with Crippen molar-refractivity contribution in [1.29, 1.82) is 0 Å². The van der Waals surface area contributed by atoms with Crippen LogP contribution in [-0.4, -0.2) is 14.7 Å². The molecule has 2 nitrogen and oxygen atoms in total. The fourth-order valence-electron chi connectivity index (χ4n) is 4.22. The predicted octanol–water partition coefficient (Wildman–Crippen LogP) is -1.32. The van der Waals surface area contributed by atoms with E-state index >= 15 is 0 Å². The molecule has 1 aliphatic rings. The van der Waals surface area contributed by atoms with Gasteiger partial charge in [0.15, 0.2) is 0 Å². The van der Waals surface area contributed by atoms with Crippen molar-refractivity contribution in [2.75, 3.05) is 0 Å². The molecule has 28 heavy (non-hydrogen) atoms. The van der Waals surface area contributed by atoms with Gasteiger partial charge >= 0.3 is 177 Å². The third-order valence-corrected chi connectivity index (χ3v) is 8.61. The Hall–Kier alpha value is -0.163. The summed E-state index contributed by atoms with van der Waals surface area (Å²) < 4.78 is 3.01. The van der Waals surface area contributed by atoms with Crippen LogP contribution in [0.5, 0.6) is 0 Å². The van der Waals surface area contributed by atoms with Gasteiger partial charge in [-0.1, -0.05) is 0 Å². The molecule has 1 aliphatic carbocycles. The van der Waals surface area contributed by atoms with Crippen molar-refractivity contribution in [3.63, 3.8) is 0 Å². The number of amides is 1. The normalized spacial score (nSPS) is 16.3. The van der Waals surface area contributed by atoms with Crippen LogP contribution in [-0.2, 0) is 31.1 Å². The third-order valence-electron chi connectivity index (χ3n) is 5.98. The largest absolute Gasteiger partial charge is 1.00 e. The second-order valence-corrected chi connectivity index (χ2v) is 11.6. The summed E-state index contributed by atoms with van der Waals surface area (Å²) in [5, 5.41) is 1.52. The summed E-state index contributed by atoms with van der Waals surface area (Å²) in [4.78, 5) is 12.8. The van der Waals surface area contributed by atoms with Gasteiger partial charge in [0, 0.05) is 0 Å². The Kier molecular flexibility index (Phi) is 11.8. The molecule has 1 N–H and O–H groups in total. The predicted molar refractivity (Wildman–Crippen MR) is 111 cm³/mol. The molecular formula is C22H32Cl2HfNOSi. The van der Waals surface area contributed by atoms with Crippen molar-refractivity contribution in [1.82, 2.24) is 3.30 Å². The molecular weight excluding hydrogens is 572 g/mol. The van der Waals surface area contributed by atoms with Crippen LogP contribution in [0.1, 0.15) is 68.9 Å². The zero-order chi connectivity index (χ0) is 19.6. The fraction of sp³-hybridized carbons (Fsp3) is 0.500. The topological polar surface area (TPSA) is 29.1 Å². The van der Waals surface area contributed by atoms with Gasteiger partial charge in [0.2, 0.25) is 0 Å². The van der Waals surface area contributed by atoms with Crippen LogP contribution >= 0.6 is 0 Å². The Morgan fingerprint density at radius 1 is 1.14 bits per heavy atom. The number of carbonyl (C=O) groups is 1. The van der Waals surface area contributed by atoms with Gasteiger partial charge in [0.1, 0.15) is 0 Å². The monoisotopic (exact) mass is 604 g/mol. The number of benzene rings is 1. The zero-order valence-electron chi connectivity index (χ0n) is 18.1.